The molecule has 4 aromatic rings. The van der Waals surface area contributed by atoms with Crippen molar-refractivity contribution in [1.82, 2.24) is 9.55 Å². The largest absolute Gasteiger partial charge is 0.472 e. The van der Waals surface area contributed by atoms with Gasteiger partial charge >= 0.3 is 6.18 Å². The predicted octanol–water partition coefficient (Wildman–Crippen LogP) is 5.82. The zero-order chi connectivity index (χ0) is 23.2. The second-order valence-electron chi connectivity index (χ2n) is 8.31. The lowest BCUT2D eigenvalue weighted by Gasteiger charge is -2.29. The highest BCUT2D eigenvalue weighted by atomic mass is 19.4. The predicted molar refractivity (Wildman–Crippen MR) is 120 cm³/mol. The van der Waals surface area contributed by atoms with Gasteiger partial charge in [-0.1, -0.05) is 12.1 Å². The smallest absolute Gasteiger partial charge is 0.416 e. The van der Waals surface area contributed by atoms with E-state index in [0.717, 1.165) is 52.8 Å². The minimum Gasteiger partial charge on any atom is -0.472 e. The van der Waals surface area contributed by atoms with Gasteiger partial charge in [-0.15, -0.1) is 0 Å². The van der Waals surface area contributed by atoms with Crippen molar-refractivity contribution in [2.24, 2.45) is 0 Å². The summed E-state index contributed by atoms with van der Waals surface area (Å²) in [4.78, 5) is 7.07. The Labute approximate surface area is 189 Å². The average molecular weight is 455 g/mol. The number of ether oxygens (including phenoxy) is 1. The van der Waals surface area contributed by atoms with Crippen molar-refractivity contribution in [1.29, 1.82) is 0 Å². The van der Waals surface area contributed by atoms with E-state index in [4.69, 9.17) is 14.1 Å². The molecule has 1 fully saturated rings. The number of hydrogen-bond acceptors (Lipinski definition) is 4. The highest BCUT2D eigenvalue weighted by Gasteiger charge is 2.33. The van der Waals surface area contributed by atoms with Crippen molar-refractivity contribution in [3.8, 4) is 11.1 Å². The number of morpholine rings is 1. The third kappa shape index (κ3) is 3.99. The van der Waals surface area contributed by atoms with Gasteiger partial charge in [0.15, 0.2) is 0 Å². The molecule has 8 heteroatoms. The van der Waals surface area contributed by atoms with E-state index in [9.17, 15) is 13.2 Å². The molecule has 0 spiro atoms. The van der Waals surface area contributed by atoms with Crippen LogP contribution >= 0.6 is 0 Å². The lowest BCUT2D eigenvalue weighted by atomic mass is 10.0. The zero-order valence-corrected chi connectivity index (χ0v) is 18.4. The number of aromatic nitrogens is 2. The van der Waals surface area contributed by atoms with E-state index in [-0.39, 0.29) is 5.56 Å². The summed E-state index contributed by atoms with van der Waals surface area (Å²) in [5, 5.41) is 0. The van der Waals surface area contributed by atoms with E-state index in [1.807, 2.05) is 17.6 Å². The van der Waals surface area contributed by atoms with Crippen LogP contribution in [-0.4, -0.2) is 35.9 Å². The van der Waals surface area contributed by atoms with Crippen LogP contribution in [0.4, 0.5) is 18.9 Å². The number of hydrogen-bond donors (Lipinski definition) is 0. The fourth-order valence-electron chi connectivity index (χ4n) is 4.50. The number of imidazole rings is 1. The maximum absolute atomic E-state index is 13.5. The highest BCUT2D eigenvalue weighted by molar-refractivity contribution is 5.95. The van der Waals surface area contributed by atoms with Crippen LogP contribution in [0.5, 0.6) is 0 Å². The molecule has 2 aromatic carbocycles. The van der Waals surface area contributed by atoms with Crippen LogP contribution in [0.25, 0.3) is 22.2 Å². The Morgan fingerprint density at radius 2 is 1.85 bits per heavy atom. The van der Waals surface area contributed by atoms with Crippen LogP contribution in [0.3, 0.4) is 0 Å². The Kier molecular flexibility index (Phi) is 5.40. The molecule has 33 heavy (non-hydrogen) atoms. The first-order valence-corrected chi connectivity index (χ1v) is 10.8. The van der Waals surface area contributed by atoms with E-state index < -0.39 is 11.7 Å². The van der Waals surface area contributed by atoms with Crippen molar-refractivity contribution >= 4 is 16.7 Å². The third-order valence-corrected chi connectivity index (χ3v) is 6.32. The number of benzene rings is 2. The summed E-state index contributed by atoms with van der Waals surface area (Å²) < 4.78 is 53.2. The van der Waals surface area contributed by atoms with Crippen LogP contribution in [0.1, 0.15) is 22.5 Å². The second-order valence-corrected chi connectivity index (χ2v) is 8.31. The van der Waals surface area contributed by atoms with Crippen LogP contribution in [0.15, 0.2) is 53.3 Å². The number of aryl methyl sites for hydroxylation is 1. The standard InChI is InChI=1S/C25H24F3N3O2/c1-16-18(4-3-5-22(16)25(26,27)28)14-31-17(2)29-24-21(19-6-9-33-15-19)12-20(13-23(24)31)30-7-10-32-11-8-30/h3-6,9,12-13,15H,7-8,10-11,14H2,1-2H3. The molecule has 0 amide bonds. The number of nitrogens with zero attached hydrogens (tertiary/aromatic N) is 3. The van der Waals surface area contributed by atoms with E-state index in [1.165, 1.54) is 13.0 Å². The van der Waals surface area contributed by atoms with Gasteiger partial charge in [-0.2, -0.15) is 13.2 Å². The van der Waals surface area contributed by atoms with Crippen molar-refractivity contribution in [3.05, 3.63) is 71.4 Å². The number of furan rings is 1. The quantitative estimate of drug-likeness (QED) is 0.389. The Bertz CT molecular complexity index is 1290. The fourth-order valence-corrected chi connectivity index (χ4v) is 4.50. The SMILES string of the molecule is Cc1c(Cn2c(C)nc3c(-c4ccoc4)cc(N4CCOCC4)cc32)cccc1C(F)(F)F. The third-order valence-electron chi connectivity index (χ3n) is 6.32. The molecule has 5 rings (SSSR count). The Morgan fingerprint density at radius 3 is 2.55 bits per heavy atom. The summed E-state index contributed by atoms with van der Waals surface area (Å²) in [6.07, 6.45) is -1.08. The molecule has 1 aliphatic heterocycles. The lowest BCUT2D eigenvalue weighted by Crippen LogP contribution is -2.36. The van der Waals surface area contributed by atoms with Crippen molar-refractivity contribution in [2.45, 2.75) is 26.6 Å². The van der Waals surface area contributed by atoms with Crippen LogP contribution in [0, 0.1) is 13.8 Å². The van der Waals surface area contributed by atoms with E-state index in [0.29, 0.717) is 25.3 Å². The van der Waals surface area contributed by atoms with Gasteiger partial charge < -0.3 is 18.6 Å². The summed E-state index contributed by atoms with van der Waals surface area (Å²) in [5.41, 5.74) is 4.82. The molecule has 0 saturated carbocycles. The zero-order valence-electron chi connectivity index (χ0n) is 18.4. The lowest BCUT2D eigenvalue weighted by molar-refractivity contribution is -0.138. The first-order chi connectivity index (χ1) is 15.8. The molecule has 5 nitrogen and oxygen atoms in total. The molecular weight excluding hydrogens is 431 g/mol. The van der Waals surface area contributed by atoms with Crippen LogP contribution in [-0.2, 0) is 17.5 Å². The summed E-state index contributed by atoms with van der Waals surface area (Å²) >= 11 is 0. The number of halogens is 3. The van der Waals surface area contributed by atoms with Gasteiger partial charge in [0.25, 0.3) is 0 Å². The minimum absolute atomic E-state index is 0.241. The molecule has 172 valence electrons. The average Bonchev–Trinajstić information content (AvgIpc) is 3.43. The van der Waals surface area contributed by atoms with Gasteiger partial charge in [0.2, 0.25) is 0 Å². The summed E-state index contributed by atoms with van der Waals surface area (Å²) in [7, 11) is 0. The van der Waals surface area contributed by atoms with Crippen molar-refractivity contribution < 1.29 is 22.3 Å². The van der Waals surface area contributed by atoms with Gasteiger partial charge in [0.05, 0.1) is 42.3 Å². The molecule has 1 saturated heterocycles. The van der Waals surface area contributed by atoms with Crippen molar-refractivity contribution in [2.75, 3.05) is 31.2 Å². The second kappa shape index (κ2) is 8.26. The molecule has 0 N–H and O–H groups in total. The first-order valence-electron chi connectivity index (χ1n) is 10.8. The van der Waals surface area contributed by atoms with E-state index in [2.05, 4.69) is 17.0 Å². The molecule has 0 unspecified atom stereocenters. The van der Waals surface area contributed by atoms with Gasteiger partial charge in [-0.25, -0.2) is 4.98 Å². The van der Waals surface area contributed by atoms with Gasteiger partial charge in [-0.05, 0) is 49.2 Å². The maximum Gasteiger partial charge on any atom is 0.416 e. The van der Waals surface area contributed by atoms with Gasteiger partial charge in [0, 0.05) is 36.4 Å². The number of rotatable bonds is 4. The maximum atomic E-state index is 13.5. The van der Waals surface area contributed by atoms with E-state index >= 15 is 0 Å². The monoisotopic (exact) mass is 455 g/mol. The number of anilines is 1. The normalized spacial score (nSPS) is 14.9. The molecule has 0 atom stereocenters. The summed E-state index contributed by atoms with van der Waals surface area (Å²) in [6, 6.07) is 10.4. The van der Waals surface area contributed by atoms with Gasteiger partial charge in [-0.3, -0.25) is 0 Å². The topological polar surface area (TPSA) is 43.4 Å². The fraction of sp³-hybridized carbons (Fsp3) is 0.320. The van der Waals surface area contributed by atoms with Crippen LogP contribution in [0.2, 0.25) is 0 Å². The Balaban J connectivity index is 1.66. The number of fused-ring (bicyclic) bond motifs is 1. The molecule has 0 bridgehead atoms. The van der Waals surface area contributed by atoms with Gasteiger partial charge in [0.1, 0.15) is 5.82 Å². The van der Waals surface area contributed by atoms with Crippen molar-refractivity contribution in [3.63, 3.8) is 0 Å². The van der Waals surface area contributed by atoms with E-state index in [1.54, 1.807) is 18.6 Å². The summed E-state index contributed by atoms with van der Waals surface area (Å²) in [5.74, 6) is 0.741. The Hall–Kier alpha value is -3.26. The molecule has 1 aliphatic rings. The number of alkyl halides is 3. The molecule has 0 aliphatic carbocycles. The minimum atomic E-state index is -4.38. The molecule has 2 aromatic heterocycles. The molecular formula is C25H24F3N3O2. The summed E-state index contributed by atoms with van der Waals surface area (Å²) in [6.45, 7) is 6.57. The highest BCUT2D eigenvalue weighted by Crippen LogP contribution is 2.36. The molecule has 3 heterocycles. The first kappa shape index (κ1) is 21.6. The Morgan fingerprint density at radius 1 is 1.06 bits per heavy atom. The van der Waals surface area contributed by atoms with Crippen LogP contribution < -0.4 is 4.90 Å². The molecule has 0 radical (unpaired) electrons.